The maximum atomic E-state index is 13.7. The third-order valence-electron chi connectivity index (χ3n) is 5.38. The lowest BCUT2D eigenvalue weighted by Crippen LogP contribution is -2.33. The highest BCUT2D eigenvalue weighted by Crippen LogP contribution is 2.52. The van der Waals surface area contributed by atoms with Crippen molar-refractivity contribution in [1.82, 2.24) is 0 Å². The molecular formula is C26H27O10PS. The lowest BCUT2D eigenvalue weighted by atomic mass is 10.0. The molecule has 0 radical (unpaired) electrons. The molecule has 0 saturated carbocycles. The van der Waals surface area contributed by atoms with Gasteiger partial charge in [-0.05, 0) is 29.7 Å². The molecule has 10 nitrogen and oxygen atoms in total. The fourth-order valence-corrected chi connectivity index (χ4v) is 6.29. The lowest BCUT2D eigenvalue weighted by molar-refractivity contribution is -0.148. The van der Waals surface area contributed by atoms with Crippen molar-refractivity contribution in [1.29, 1.82) is 0 Å². The number of rotatable bonds is 15. The monoisotopic (exact) mass is 562 g/mol. The fourth-order valence-electron chi connectivity index (χ4n) is 3.40. The Hall–Kier alpha value is -3.34. The third-order valence-corrected chi connectivity index (χ3v) is 8.65. The van der Waals surface area contributed by atoms with Gasteiger partial charge in [0.1, 0.15) is 0 Å². The summed E-state index contributed by atoms with van der Waals surface area (Å²) in [7, 11) is -8.65. The zero-order valence-electron chi connectivity index (χ0n) is 20.2. The first-order valence-corrected chi connectivity index (χ1v) is 14.6. The molecule has 2 unspecified atom stereocenters. The van der Waals surface area contributed by atoms with Crippen molar-refractivity contribution < 1.29 is 46.0 Å². The van der Waals surface area contributed by atoms with Crippen LogP contribution in [0.3, 0.4) is 0 Å². The summed E-state index contributed by atoms with van der Waals surface area (Å²) in [6.07, 6.45) is -3.57. The summed E-state index contributed by atoms with van der Waals surface area (Å²) in [4.78, 5) is 23.6. The average molecular weight is 563 g/mol. The molecule has 0 saturated heterocycles. The summed E-state index contributed by atoms with van der Waals surface area (Å²) >= 11 is 0. The summed E-state index contributed by atoms with van der Waals surface area (Å²) in [5.41, 5.74) is 1.31. The summed E-state index contributed by atoms with van der Waals surface area (Å²) in [6, 6.07) is 24.3. The number of carbonyl (C=O) groups is 2. The minimum Gasteiger partial charge on any atom is -0.481 e. The van der Waals surface area contributed by atoms with Crippen LogP contribution in [0.1, 0.15) is 17.5 Å². The van der Waals surface area contributed by atoms with Gasteiger partial charge in [0.15, 0.2) is 6.10 Å². The van der Waals surface area contributed by atoms with Crippen LogP contribution in [-0.2, 0) is 50.7 Å². The van der Waals surface area contributed by atoms with E-state index in [2.05, 4.69) is 0 Å². The topological polar surface area (TPSA) is 154 Å². The highest BCUT2D eigenvalue weighted by Gasteiger charge is 2.38. The fraction of sp³-hybridized carbons (Fsp3) is 0.231. The number of hydrogen-bond acceptors (Lipinski definition) is 8. The van der Waals surface area contributed by atoms with E-state index in [0.717, 1.165) is 0 Å². The molecule has 3 aromatic carbocycles. The predicted octanol–water partition coefficient (Wildman–Crippen LogP) is 4.56. The van der Waals surface area contributed by atoms with Crippen molar-refractivity contribution in [2.75, 3.05) is 6.16 Å². The van der Waals surface area contributed by atoms with Gasteiger partial charge in [-0.25, -0.2) is 4.79 Å². The van der Waals surface area contributed by atoms with Crippen LogP contribution >= 0.6 is 7.60 Å². The largest absolute Gasteiger partial charge is 0.481 e. The van der Waals surface area contributed by atoms with Gasteiger partial charge in [0, 0.05) is 0 Å². The second-order valence-corrected chi connectivity index (χ2v) is 11.9. The van der Waals surface area contributed by atoms with Crippen molar-refractivity contribution >= 4 is 29.7 Å². The van der Waals surface area contributed by atoms with E-state index in [1.54, 1.807) is 66.7 Å². The Kier molecular flexibility index (Phi) is 10.3. The molecular weight excluding hydrogens is 535 g/mol. The Balaban J connectivity index is 1.80. The lowest BCUT2D eigenvalue weighted by Gasteiger charge is -2.24. The minimum absolute atomic E-state index is 0.152. The van der Waals surface area contributed by atoms with Crippen molar-refractivity contribution in [3.05, 3.63) is 102 Å². The van der Waals surface area contributed by atoms with Crippen LogP contribution < -0.4 is 0 Å². The maximum absolute atomic E-state index is 13.7. The molecule has 0 fully saturated rings. The maximum Gasteiger partial charge on any atom is 0.334 e. The number of aliphatic carboxylic acids is 2. The molecule has 0 spiro atoms. The standard InChI is InChI=1S/C26H27O10PS/c27-25(28)22(16-24(26(29)30)36-38(32,33)23-14-8-3-9-15-23)19-37(31,34-17-20-10-4-1-5-11-20)35-18-21-12-6-2-7-13-21/h1-15,22,24H,16-19H2,(H,27,28)(H,29,30). The number of carboxylic acids is 2. The summed E-state index contributed by atoms with van der Waals surface area (Å²) in [5, 5.41) is 19.4. The molecule has 3 rings (SSSR count). The van der Waals surface area contributed by atoms with Crippen LogP contribution in [0.5, 0.6) is 0 Å². The molecule has 0 heterocycles. The van der Waals surface area contributed by atoms with E-state index < -0.39 is 54.3 Å². The molecule has 38 heavy (non-hydrogen) atoms. The number of hydrogen-bond donors (Lipinski definition) is 2. The first-order valence-electron chi connectivity index (χ1n) is 11.5. The van der Waals surface area contributed by atoms with Crippen LogP contribution in [0.25, 0.3) is 0 Å². The molecule has 202 valence electrons. The van der Waals surface area contributed by atoms with E-state index in [0.29, 0.717) is 11.1 Å². The van der Waals surface area contributed by atoms with Crippen LogP contribution in [0.4, 0.5) is 0 Å². The second-order valence-electron chi connectivity index (χ2n) is 8.27. The SMILES string of the molecule is O=C(O)C(CC(OS(=O)(=O)c1ccccc1)C(=O)O)CP(=O)(OCc1ccccc1)OCc1ccccc1. The normalized spacial score (nSPS) is 13.5. The Bertz CT molecular complexity index is 1300. The first-order chi connectivity index (χ1) is 18.1. The molecule has 0 aliphatic rings. The van der Waals surface area contributed by atoms with Gasteiger partial charge < -0.3 is 19.3 Å². The number of carboxylic acid groups (broad SMARTS) is 2. The van der Waals surface area contributed by atoms with E-state index in [1.807, 2.05) is 0 Å². The summed E-state index contributed by atoms with van der Waals surface area (Å²) < 4.78 is 54.9. The van der Waals surface area contributed by atoms with Crippen LogP contribution in [-0.4, -0.2) is 42.8 Å². The smallest absolute Gasteiger partial charge is 0.334 e. The molecule has 2 N–H and O–H groups in total. The van der Waals surface area contributed by atoms with Gasteiger partial charge in [0.25, 0.3) is 10.1 Å². The van der Waals surface area contributed by atoms with Crippen molar-refractivity contribution in [3.63, 3.8) is 0 Å². The van der Waals surface area contributed by atoms with Gasteiger partial charge in [-0.2, -0.15) is 8.42 Å². The molecule has 0 aliphatic carbocycles. The van der Waals surface area contributed by atoms with Gasteiger partial charge >= 0.3 is 19.5 Å². The summed E-state index contributed by atoms with van der Waals surface area (Å²) in [6.45, 7) is -0.305. The zero-order valence-corrected chi connectivity index (χ0v) is 21.9. The molecule has 3 aromatic rings. The molecule has 0 aromatic heterocycles. The van der Waals surface area contributed by atoms with Gasteiger partial charge in [0.05, 0.1) is 30.2 Å². The van der Waals surface area contributed by atoms with E-state index in [1.165, 1.54) is 24.3 Å². The van der Waals surface area contributed by atoms with Gasteiger partial charge in [-0.15, -0.1) is 0 Å². The summed E-state index contributed by atoms with van der Waals surface area (Å²) in [5.74, 6) is -4.83. The molecule has 0 amide bonds. The van der Waals surface area contributed by atoms with E-state index in [4.69, 9.17) is 13.2 Å². The highest BCUT2D eigenvalue weighted by molar-refractivity contribution is 7.86. The van der Waals surface area contributed by atoms with Crippen molar-refractivity contribution in [3.8, 4) is 0 Å². The van der Waals surface area contributed by atoms with E-state index >= 15 is 0 Å². The Labute approximate surface area is 220 Å². The first kappa shape index (κ1) is 29.2. The highest BCUT2D eigenvalue weighted by atomic mass is 32.2. The average Bonchev–Trinajstić information content (AvgIpc) is 2.91. The Morgan fingerprint density at radius 3 is 1.61 bits per heavy atom. The van der Waals surface area contributed by atoms with Gasteiger partial charge in [-0.1, -0.05) is 78.9 Å². The van der Waals surface area contributed by atoms with Crippen LogP contribution in [0, 0.1) is 5.92 Å². The van der Waals surface area contributed by atoms with Crippen molar-refractivity contribution in [2.45, 2.75) is 30.6 Å². The Morgan fingerprint density at radius 2 is 1.18 bits per heavy atom. The predicted molar refractivity (Wildman–Crippen MR) is 137 cm³/mol. The number of benzene rings is 3. The molecule has 0 bridgehead atoms. The minimum atomic E-state index is -4.52. The Morgan fingerprint density at radius 1 is 0.737 bits per heavy atom. The van der Waals surface area contributed by atoms with Crippen molar-refractivity contribution in [2.24, 2.45) is 5.92 Å². The quantitative estimate of drug-likeness (QED) is 0.199. The molecule has 0 aliphatic heterocycles. The van der Waals surface area contributed by atoms with E-state index in [-0.39, 0.29) is 18.1 Å². The molecule has 2 atom stereocenters. The third kappa shape index (κ3) is 8.90. The van der Waals surface area contributed by atoms with E-state index in [9.17, 15) is 32.8 Å². The van der Waals surface area contributed by atoms with Crippen LogP contribution in [0.2, 0.25) is 0 Å². The van der Waals surface area contributed by atoms with Gasteiger partial charge in [-0.3, -0.25) is 13.5 Å². The molecule has 12 heteroatoms. The van der Waals surface area contributed by atoms with Gasteiger partial charge in [0.2, 0.25) is 0 Å². The van der Waals surface area contributed by atoms with Crippen LogP contribution in [0.15, 0.2) is 95.9 Å². The second kappa shape index (κ2) is 13.5. The zero-order chi connectivity index (χ0) is 27.6.